The first-order chi connectivity index (χ1) is 15.2. The maximum atomic E-state index is 11.6. The van der Waals surface area contributed by atoms with Crippen molar-refractivity contribution in [1.82, 2.24) is 19.1 Å². The summed E-state index contributed by atoms with van der Waals surface area (Å²) < 4.78 is 3.76. The highest BCUT2D eigenvalue weighted by atomic mass is 16.4. The summed E-state index contributed by atoms with van der Waals surface area (Å²) in [5.74, 6) is -0.969. The zero-order valence-electron chi connectivity index (χ0n) is 16.5. The normalized spacial score (nSPS) is 11.0. The molecule has 0 aliphatic heterocycles. The average Bonchev–Trinajstić information content (AvgIpc) is 3.48. The Morgan fingerprint density at radius 1 is 1.00 bits per heavy atom. The Morgan fingerprint density at radius 3 is 2.74 bits per heavy atom. The molecule has 3 aromatic carbocycles. The molecule has 7 nitrogen and oxygen atoms in total. The fraction of sp³-hybridized carbons (Fsp3) is 0.0417. The van der Waals surface area contributed by atoms with Gasteiger partial charge in [-0.15, -0.1) is 0 Å². The minimum atomic E-state index is -0.969. The van der Waals surface area contributed by atoms with Crippen LogP contribution in [-0.2, 0) is 6.54 Å². The first-order valence-electron chi connectivity index (χ1n) is 9.80. The van der Waals surface area contributed by atoms with Gasteiger partial charge in [0.2, 0.25) is 0 Å². The van der Waals surface area contributed by atoms with Crippen molar-refractivity contribution < 1.29 is 9.90 Å². The van der Waals surface area contributed by atoms with E-state index in [0.29, 0.717) is 12.2 Å². The molecule has 0 radical (unpaired) electrons. The molecule has 0 aliphatic carbocycles. The highest BCUT2D eigenvalue weighted by Gasteiger charge is 2.12. The van der Waals surface area contributed by atoms with Gasteiger partial charge < -0.3 is 15.0 Å². The van der Waals surface area contributed by atoms with Gasteiger partial charge in [0, 0.05) is 30.3 Å². The fourth-order valence-corrected chi connectivity index (χ4v) is 3.62. The predicted molar refractivity (Wildman–Crippen MR) is 119 cm³/mol. The van der Waals surface area contributed by atoms with E-state index in [2.05, 4.69) is 25.9 Å². The van der Waals surface area contributed by atoms with Crippen LogP contribution >= 0.6 is 0 Å². The van der Waals surface area contributed by atoms with Crippen LogP contribution in [0.4, 0.5) is 5.69 Å². The van der Waals surface area contributed by atoms with Crippen LogP contribution in [0.15, 0.2) is 91.8 Å². The summed E-state index contributed by atoms with van der Waals surface area (Å²) in [7, 11) is 0. The first-order valence-corrected chi connectivity index (χ1v) is 9.80. The molecule has 2 N–H and O–H groups in total. The van der Waals surface area contributed by atoms with E-state index in [1.165, 1.54) is 0 Å². The Hall–Kier alpha value is -4.39. The summed E-state index contributed by atoms with van der Waals surface area (Å²) in [5.41, 5.74) is 5.76. The topological polar surface area (TPSA) is 85.0 Å². The zero-order valence-corrected chi connectivity index (χ0v) is 16.5. The molecule has 0 fully saturated rings. The van der Waals surface area contributed by atoms with Crippen LogP contribution in [0.2, 0.25) is 0 Å². The molecule has 31 heavy (non-hydrogen) atoms. The molecule has 0 bridgehead atoms. The number of imidazole rings is 2. The van der Waals surface area contributed by atoms with E-state index in [4.69, 9.17) is 0 Å². The lowest BCUT2D eigenvalue weighted by Crippen LogP contribution is -2.07. The number of nitrogens with zero attached hydrogens (tertiary/aromatic N) is 4. The molecular weight excluding hydrogens is 390 g/mol. The smallest absolute Gasteiger partial charge is 0.337 e. The van der Waals surface area contributed by atoms with Crippen LogP contribution in [0, 0.1) is 0 Å². The summed E-state index contributed by atoms with van der Waals surface area (Å²) in [5, 5.41) is 12.9. The van der Waals surface area contributed by atoms with Gasteiger partial charge in [0.25, 0.3) is 0 Å². The number of para-hydroxylation sites is 2. The third-order valence-corrected chi connectivity index (χ3v) is 5.15. The van der Waals surface area contributed by atoms with Crippen LogP contribution < -0.4 is 5.32 Å². The second kappa shape index (κ2) is 7.79. The van der Waals surface area contributed by atoms with Gasteiger partial charge in [0.15, 0.2) is 0 Å². The van der Waals surface area contributed by atoms with E-state index in [0.717, 1.165) is 28.0 Å². The number of carboxylic acids is 1. The van der Waals surface area contributed by atoms with Gasteiger partial charge in [-0.1, -0.05) is 24.3 Å². The largest absolute Gasteiger partial charge is 0.478 e. The number of anilines is 1. The third kappa shape index (κ3) is 3.64. The third-order valence-electron chi connectivity index (χ3n) is 5.15. The van der Waals surface area contributed by atoms with E-state index in [1.807, 2.05) is 60.9 Å². The molecule has 2 heterocycles. The van der Waals surface area contributed by atoms with Gasteiger partial charge in [0.1, 0.15) is 6.33 Å². The number of aromatic nitrogens is 4. The number of carbonyl (C=O) groups is 1. The van der Waals surface area contributed by atoms with E-state index < -0.39 is 5.97 Å². The van der Waals surface area contributed by atoms with Gasteiger partial charge in [-0.05, 0) is 48.0 Å². The molecular formula is C24H19N5O2. The highest BCUT2D eigenvalue weighted by Crippen LogP contribution is 2.22. The Bertz CT molecular complexity index is 1370. The summed E-state index contributed by atoms with van der Waals surface area (Å²) in [4.78, 5) is 20.1. The Balaban J connectivity index is 1.40. The highest BCUT2D eigenvalue weighted by molar-refractivity contribution is 5.92. The summed E-state index contributed by atoms with van der Waals surface area (Å²) >= 11 is 0. The van der Waals surface area contributed by atoms with Crippen molar-refractivity contribution in [2.24, 2.45) is 0 Å². The van der Waals surface area contributed by atoms with Crippen LogP contribution in [0.3, 0.4) is 0 Å². The molecule has 0 saturated heterocycles. The quantitative estimate of drug-likeness (QED) is 0.431. The van der Waals surface area contributed by atoms with Crippen LogP contribution in [0.5, 0.6) is 0 Å². The van der Waals surface area contributed by atoms with Crippen LogP contribution in [0.1, 0.15) is 15.9 Å². The van der Waals surface area contributed by atoms with E-state index in [9.17, 15) is 9.90 Å². The second-order valence-electron chi connectivity index (χ2n) is 7.13. The van der Waals surface area contributed by atoms with Crippen molar-refractivity contribution in [3.63, 3.8) is 0 Å². The Morgan fingerprint density at radius 2 is 1.90 bits per heavy atom. The van der Waals surface area contributed by atoms with Crippen molar-refractivity contribution >= 4 is 22.7 Å². The van der Waals surface area contributed by atoms with Crippen molar-refractivity contribution in [3.8, 4) is 11.4 Å². The van der Waals surface area contributed by atoms with Gasteiger partial charge in [-0.3, -0.25) is 4.57 Å². The molecule has 2 aromatic heterocycles. The molecule has 0 atom stereocenters. The molecule has 5 rings (SSSR count). The lowest BCUT2D eigenvalue weighted by molar-refractivity contribution is 0.0697. The average molecular weight is 409 g/mol. The molecule has 5 aromatic rings. The minimum absolute atomic E-state index is 0.232. The maximum absolute atomic E-state index is 11.6. The maximum Gasteiger partial charge on any atom is 0.337 e. The first kappa shape index (κ1) is 18.6. The number of benzene rings is 3. The van der Waals surface area contributed by atoms with Crippen LogP contribution in [0.25, 0.3) is 22.4 Å². The standard InChI is InChI=1S/C24H19N5O2/c30-24(31)20-9-8-17(12-23(20)28-11-10-25-15-28)14-26-18-4-3-5-19(13-18)29-16-27-21-6-1-2-7-22(21)29/h1-13,15-16,26H,14H2,(H,30,31). The Kier molecular flexibility index (Phi) is 4.68. The van der Waals surface area contributed by atoms with Crippen molar-refractivity contribution in [2.75, 3.05) is 5.32 Å². The van der Waals surface area contributed by atoms with E-state index in [1.54, 1.807) is 29.4 Å². The van der Waals surface area contributed by atoms with Crippen molar-refractivity contribution in [3.05, 3.63) is 103 Å². The Labute approximate surface area is 178 Å². The number of carboxylic acid groups (broad SMARTS) is 1. The van der Waals surface area contributed by atoms with Gasteiger partial charge in [-0.25, -0.2) is 14.8 Å². The molecule has 152 valence electrons. The number of hydrogen-bond acceptors (Lipinski definition) is 4. The van der Waals surface area contributed by atoms with Crippen molar-refractivity contribution in [2.45, 2.75) is 6.54 Å². The molecule has 0 saturated carbocycles. The molecule has 0 aliphatic rings. The number of aromatic carboxylic acids is 1. The number of rotatable bonds is 6. The number of nitrogens with one attached hydrogen (secondary N) is 1. The van der Waals surface area contributed by atoms with E-state index in [-0.39, 0.29) is 5.56 Å². The molecule has 0 unspecified atom stereocenters. The molecule has 0 spiro atoms. The minimum Gasteiger partial charge on any atom is -0.478 e. The second-order valence-corrected chi connectivity index (χ2v) is 7.13. The van der Waals surface area contributed by atoms with E-state index >= 15 is 0 Å². The number of fused-ring (bicyclic) bond motifs is 1. The predicted octanol–water partition coefficient (Wildman–Crippen LogP) is 4.52. The summed E-state index contributed by atoms with van der Waals surface area (Å²) in [6.45, 7) is 0.551. The van der Waals surface area contributed by atoms with Gasteiger partial charge in [-0.2, -0.15) is 0 Å². The lowest BCUT2D eigenvalue weighted by atomic mass is 10.1. The van der Waals surface area contributed by atoms with Gasteiger partial charge in [0.05, 0.1) is 28.6 Å². The molecule has 7 heteroatoms. The lowest BCUT2D eigenvalue weighted by Gasteiger charge is -2.12. The molecule has 0 amide bonds. The summed E-state index contributed by atoms with van der Waals surface area (Å²) in [6.07, 6.45) is 6.78. The monoisotopic (exact) mass is 409 g/mol. The number of hydrogen-bond donors (Lipinski definition) is 2. The SMILES string of the molecule is O=C(O)c1ccc(CNc2cccc(-n3cnc4ccccc43)c2)cc1-n1ccnc1. The summed E-state index contributed by atoms with van der Waals surface area (Å²) in [6, 6.07) is 21.4. The van der Waals surface area contributed by atoms with Crippen molar-refractivity contribution in [1.29, 1.82) is 0 Å². The van der Waals surface area contributed by atoms with Crippen LogP contribution in [-0.4, -0.2) is 30.2 Å². The zero-order chi connectivity index (χ0) is 21.2. The fourth-order valence-electron chi connectivity index (χ4n) is 3.62. The van der Waals surface area contributed by atoms with Gasteiger partial charge >= 0.3 is 5.97 Å².